The quantitative estimate of drug-likeness (QED) is 0.461. The minimum atomic E-state index is -2.79. The normalized spacial score (nSPS) is 12.4. The Labute approximate surface area is 206 Å². The number of hydrogen-bond donors (Lipinski definition) is 1. The summed E-state index contributed by atoms with van der Waals surface area (Å²) in [6.45, 7) is 11.0. The molecule has 1 aromatic carbocycles. The van der Waals surface area contributed by atoms with E-state index in [4.69, 9.17) is 4.74 Å². The van der Waals surface area contributed by atoms with Gasteiger partial charge in [0.05, 0.1) is 11.6 Å². The van der Waals surface area contributed by atoms with E-state index < -0.39 is 17.4 Å². The topological polar surface area (TPSA) is 120 Å². The van der Waals surface area contributed by atoms with Crippen molar-refractivity contribution in [3.8, 4) is 22.3 Å². The number of imidazole rings is 1. The van der Waals surface area contributed by atoms with Crippen LogP contribution in [0.1, 0.15) is 56.4 Å². The molecule has 0 aliphatic carbocycles. The molecule has 0 bridgehead atoms. The van der Waals surface area contributed by atoms with Gasteiger partial charge < -0.3 is 13.9 Å². The first-order valence-corrected chi connectivity index (χ1v) is 12.6. The van der Waals surface area contributed by atoms with Crippen molar-refractivity contribution in [2.24, 2.45) is 5.92 Å². The van der Waals surface area contributed by atoms with E-state index in [2.05, 4.69) is 50.2 Å². The van der Waals surface area contributed by atoms with Crippen LogP contribution in [-0.2, 0) is 29.6 Å². The highest BCUT2D eigenvalue weighted by molar-refractivity contribution is 7.77. The largest absolute Gasteiger partial charge is 0.755 e. The second kappa shape index (κ2) is 10.5. The zero-order valence-electron chi connectivity index (χ0n) is 19.7. The first kappa shape index (κ1) is 25.6. The summed E-state index contributed by atoms with van der Waals surface area (Å²) in [6.07, 6.45) is 3.34. The average molecular weight is 500 g/mol. The third kappa shape index (κ3) is 6.32. The second-order valence-corrected chi connectivity index (χ2v) is 11.1. The zero-order valence-corrected chi connectivity index (χ0v) is 21.4. The molecule has 180 valence electrons. The van der Waals surface area contributed by atoms with Gasteiger partial charge in [-0.05, 0) is 30.0 Å². The average Bonchev–Trinajstić information content (AvgIpc) is 3.33. The number of nitrogens with one attached hydrogen (secondary N) is 1. The first-order valence-electron chi connectivity index (χ1n) is 10.7. The highest BCUT2D eigenvalue weighted by Gasteiger charge is 2.21. The lowest BCUT2D eigenvalue weighted by Crippen LogP contribution is -2.28. The van der Waals surface area contributed by atoms with Crippen molar-refractivity contribution in [3.05, 3.63) is 58.5 Å². The Bertz CT molecular complexity index is 1250. The van der Waals surface area contributed by atoms with Gasteiger partial charge in [0.1, 0.15) is 5.82 Å². The Morgan fingerprint density at radius 2 is 2.06 bits per heavy atom. The number of amides is 1. The third-order valence-corrected chi connectivity index (χ3v) is 6.31. The Morgan fingerprint density at radius 3 is 2.68 bits per heavy atom. The van der Waals surface area contributed by atoms with E-state index >= 15 is 0 Å². The lowest BCUT2D eigenvalue weighted by atomic mass is 9.95. The van der Waals surface area contributed by atoms with E-state index in [1.165, 1.54) is 11.3 Å². The molecule has 0 aliphatic heterocycles. The SMILES string of the molecule is CC(C)Cc1cc(-c2ccc(Cn3ccnc3C(C)(C)C)cc2C#N)c(OC(=O)NS(=O)[O-])s1. The number of rotatable bonds is 7. The molecule has 0 spiro atoms. The smallest absolute Gasteiger partial charge is 0.424 e. The summed E-state index contributed by atoms with van der Waals surface area (Å²) in [5.41, 5.74) is 2.44. The summed E-state index contributed by atoms with van der Waals surface area (Å²) in [7, 11) is 0. The molecule has 2 heterocycles. The second-order valence-electron chi connectivity index (χ2n) is 9.36. The highest BCUT2D eigenvalue weighted by atomic mass is 32.2. The monoisotopic (exact) mass is 499 g/mol. The van der Waals surface area contributed by atoms with Gasteiger partial charge in [-0.2, -0.15) is 5.26 Å². The molecule has 0 radical (unpaired) electrons. The molecule has 1 atom stereocenters. The molecule has 10 heteroatoms. The number of carbonyl (C=O) groups excluding carboxylic acids is 1. The summed E-state index contributed by atoms with van der Waals surface area (Å²) in [5.74, 6) is 1.32. The molecule has 0 aliphatic rings. The van der Waals surface area contributed by atoms with Crippen LogP contribution in [0.2, 0.25) is 0 Å². The van der Waals surface area contributed by atoms with Crippen molar-refractivity contribution in [1.29, 1.82) is 5.26 Å². The van der Waals surface area contributed by atoms with E-state index in [-0.39, 0.29) is 10.5 Å². The number of benzene rings is 1. The van der Waals surface area contributed by atoms with Gasteiger partial charge in [-0.25, -0.2) is 9.78 Å². The summed E-state index contributed by atoms with van der Waals surface area (Å²) >= 11 is -1.52. The number of carbonyl (C=O) groups is 1. The molecule has 0 saturated heterocycles. The van der Waals surface area contributed by atoms with Gasteiger partial charge in [-0.15, -0.1) is 11.3 Å². The van der Waals surface area contributed by atoms with Gasteiger partial charge in [-0.3, -0.25) is 8.93 Å². The van der Waals surface area contributed by atoms with E-state index in [1.807, 2.05) is 30.5 Å². The van der Waals surface area contributed by atoms with Crippen molar-refractivity contribution in [1.82, 2.24) is 14.3 Å². The molecule has 2 aromatic heterocycles. The molecule has 1 N–H and O–H groups in total. The van der Waals surface area contributed by atoms with Crippen molar-refractivity contribution in [3.63, 3.8) is 0 Å². The molecular weight excluding hydrogens is 472 g/mol. The maximum Gasteiger partial charge on any atom is 0.424 e. The van der Waals surface area contributed by atoms with Gasteiger partial charge in [0.15, 0.2) is 5.06 Å². The molecule has 1 unspecified atom stereocenters. The van der Waals surface area contributed by atoms with Gasteiger partial charge in [0, 0.05) is 51.6 Å². The fourth-order valence-electron chi connectivity index (χ4n) is 3.66. The maximum absolute atomic E-state index is 11.9. The van der Waals surface area contributed by atoms with E-state index in [0.717, 1.165) is 22.7 Å². The highest BCUT2D eigenvalue weighted by Crippen LogP contribution is 2.41. The minimum Gasteiger partial charge on any atom is -0.755 e. The van der Waals surface area contributed by atoms with Crippen LogP contribution in [0.4, 0.5) is 4.79 Å². The van der Waals surface area contributed by atoms with Crippen LogP contribution in [0.15, 0.2) is 36.7 Å². The number of ether oxygens (including phenoxy) is 1. The number of aromatic nitrogens is 2. The molecule has 8 nitrogen and oxygen atoms in total. The predicted molar refractivity (Wildman–Crippen MR) is 131 cm³/mol. The van der Waals surface area contributed by atoms with Crippen LogP contribution >= 0.6 is 11.3 Å². The van der Waals surface area contributed by atoms with Crippen molar-refractivity contribution in [2.45, 2.75) is 53.0 Å². The Morgan fingerprint density at radius 1 is 1.32 bits per heavy atom. The Hall–Kier alpha value is -3.00. The number of nitrogens with zero attached hydrogens (tertiary/aromatic N) is 3. The van der Waals surface area contributed by atoms with Crippen molar-refractivity contribution < 1.29 is 18.3 Å². The zero-order chi connectivity index (χ0) is 25.0. The number of nitriles is 1. The molecule has 0 saturated carbocycles. The van der Waals surface area contributed by atoms with Crippen LogP contribution in [0.25, 0.3) is 11.1 Å². The summed E-state index contributed by atoms with van der Waals surface area (Å²) in [5, 5.41) is 10.1. The van der Waals surface area contributed by atoms with Crippen molar-refractivity contribution in [2.75, 3.05) is 0 Å². The lowest BCUT2D eigenvalue weighted by molar-refractivity contribution is 0.208. The molecule has 1 amide bonds. The van der Waals surface area contributed by atoms with E-state index in [9.17, 15) is 18.8 Å². The van der Waals surface area contributed by atoms with Gasteiger partial charge in [-0.1, -0.05) is 46.8 Å². The standard InChI is InChI=1S/C24H28N4O4S2/c1-15(2)10-18-12-20(21(33-18)32-23(29)27-34(30)31)19-7-6-16(11-17(19)13-25)14-28-9-8-26-22(28)24(3,4)5/h6-9,11-12,15H,10,14H2,1-5H3,(H,27,29)(H,30,31)/p-1. The number of hydrogen-bond acceptors (Lipinski definition) is 7. The maximum atomic E-state index is 11.9. The van der Waals surface area contributed by atoms with Gasteiger partial charge in [0.2, 0.25) is 0 Å². The van der Waals surface area contributed by atoms with Crippen LogP contribution in [0, 0.1) is 17.2 Å². The summed E-state index contributed by atoms with van der Waals surface area (Å²) in [6, 6.07) is 9.72. The van der Waals surface area contributed by atoms with Gasteiger partial charge >= 0.3 is 6.09 Å². The van der Waals surface area contributed by atoms with Crippen LogP contribution in [0.5, 0.6) is 5.06 Å². The van der Waals surface area contributed by atoms with Crippen molar-refractivity contribution >= 4 is 28.7 Å². The van der Waals surface area contributed by atoms with Gasteiger partial charge in [0.25, 0.3) is 0 Å². The van der Waals surface area contributed by atoms with Crippen LogP contribution in [-0.4, -0.2) is 24.4 Å². The van der Waals surface area contributed by atoms with E-state index in [0.29, 0.717) is 29.2 Å². The molecule has 0 fully saturated rings. The fraction of sp³-hybridized carbons (Fsp3) is 0.375. The lowest BCUT2D eigenvalue weighted by Gasteiger charge is -2.20. The fourth-order valence-corrected chi connectivity index (χ4v) is 5.06. The molecular formula is C24H27N4O4S2-. The van der Waals surface area contributed by atoms with Crippen LogP contribution in [0.3, 0.4) is 0 Å². The first-order chi connectivity index (χ1) is 16.0. The van der Waals surface area contributed by atoms with E-state index in [1.54, 1.807) is 10.9 Å². The Balaban J connectivity index is 1.98. The minimum absolute atomic E-state index is 0.119. The Kier molecular flexibility index (Phi) is 7.92. The molecule has 34 heavy (non-hydrogen) atoms. The molecule has 3 rings (SSSR count). The third-order valence-electron chi connectivity index (χ3n) is 4.94. The summed E-state index contributed by atoms with van der Waals surface area (Å²) in [4.78, 5) is 17.4. The predicted octanol–water partition coefficient (Wildman–Crippen LogP) is 4.91. The number of thiophene rings is 1. The molecule has 3 aromatic rings. The summed E-state index contributed by atoms with van der Waals surface area (Å²) < 4.78 is 30.6. The van der Waals surface area contributed by atoms with Crippen LogP contribution < -0.4 is 9.46 Å².